The van der Waals surface area contributed by atoms with Crippen molar-refractivity contribution in [2.45, 2.75) is 19.4 Å². The van der Waals surface area contributed by atoms with E-state index in [9.17, 15) is 0 Å². The summed E-state index contributed by atoms with van der Waals surface area (Å²) in [7, 11) is 4.10. The minimum Gasteiger partial charge on any atom is -0.375 e. The van der Waals surface area contributed by atoms with E-state index in [1.807, 2.05) is 14.1 Å². The van der Waals surface area contributed by atoms with Gasteiger partial charge in [-0.1, -0.05) is 31.2 Å². The van der Waals surface area contributed by atoms with Gasteiger partial charge in [-0.2, -0.15) is 0 Å². The molecule has 1 aromatic carbocycles. The fourth-order valence-electron chi connectivity index (χ4n) is 1.52. The number of nitrogens with zero attached hydrogens (tertiary/aromatic N) is 1. The first-order valence-electron chi connectivity index (χ1n) is 6.15. The molecule has 0 aliphatic heterocycles. The Morgan fingerprint density at radius 1 is 1.24 bits per heavy atom. The number of hydrogen-bond acceptors (Lipinski definition) is 3. The molecule has 1 unspecified atom stereocenters. The molecule has 96 valence electrons. The Morgan fingerprint density at radius 2 is 1.88 bits per heavy atom. The summed E-state index contributed by atoms with van der Waals surface area (Å²) in [5.74, 6) is 0.429. The fraction of sp³-hybridized carbons (Fsp3) is 0.571. The Labute approximate surface area is 105 Å². The third kappa shape index (κ3) is 5.31. The quantitative estimate of drug-likeness (QED) is 0.734. The molecule has 1 atom stereocenters. The zero-order chi connectivity index (χ0) is 12.7. The van der Waals surface area contributed by atoms with Crippen LogP contribution >= 0.6 is 0 Å². The van der Waals surface area contributed by atoms with Gasteiger partial charge in [0, 0.05) is 6.54 Å². The molecule has 3 heteroatoms. The Hall–Kier alpha value is -0.900. The van der Waals surface area contributed by atoms with Gasteiger partial charge in [-0.25, -0.2) is 0 Å². The van der Waals surface area contributed by atoms with Crippen LogP contribution in [0.15, 0.2) is 24.3 Å². The van der Waals surface area contributed by atoms with Crippen molar-refractivity contribution in [3.63, 3.8) is 0 Å². The summed E-state index contributed by atoms with van der Waals surface area (Å²) in [5.41, 5.74) is 8.15. The van der Waals surface area contributed by atoms with Crippen LogP contribution in [0.3, 0.4) is 0 Å². The molecular weight excluding hydrogens is 212 g/mol. The van der Waals surface area contributed by atoms with E-state index in [4.69, 9.17) is 10.5 Å². The second-order valence-electron chi connectivity index (χ2n) is 4.73. The van der Waals surface area contributed by atoms with Gasteiger partial charge in [0.2, 0.25) is 0 Å². The van der Waals surface area contributed by atoms with Gasteiger partial charge < -0.3 is 15.4 Å². The van der Waals surface area contributed by atoms with E-state index in [2.05, 4.69) is 36.1 Å². The third-order valence-corrected chi connectivity index (χ3v) is 2.85. The molecule has 2 N–H and O–H groups in total. The van der Waals surface area contributed by atoms with E-state index < -0.39 is 0 Å². The highest BCUT2D eigenvalue weighted by molar-refractivity contribution is 5.24. The van der Waals surface area contributed by atoms with Gasteiger partial charge in [0.05, 0.1) is 13.2 Å². The second kappa shape index (κ2) is 7.43. The largest absolute Gasteiger partial charge is 0.375 e. The van der Waals surface area contributed by atoms with Crippen molar-refractivity contribution >= 4 is 0 Å². The van der Waals surface area contributed by atoms with Gasteiger partial charge in [-0.15, -0.1) is 0 Å². The fourth-order valence-corrected chi connectivity index (χ4v) is 1.52. The summed E-state index contributed by atoms with van der Waals surface area (Å²) >= 11 is 0. The van der Waals surface area contributed by atoms with Crippen LogP contribution in [-0.4, -0.2) is 38.7 Å². The van der Waals surface area contributed by atoms with Crippen LogP contribution in [0.2, 0.25) is 0 Å². The molecule has 1 rings (SSSR count). The van der Waals surface area contributed by atoms with E-state index in [0.29, 0.717) is 19.1 Å². The molecule has 0 heterocycles. The molecule has 0 spiro atoms. The Balaban J connectivity index is 2.35. The standard InChI is InChI=1S/C14H24N2O/c1-12(10-15)14-6-4-13(5-7-14)11-17-9-8-16(2)3/h4-7,12H,8-11,15H2,1-3H3. The number of benzene rings is 1. The molecule has 0 bridgehead atoms. The molecule has 0 aliphatic rings. The molecular formula is C14H24N2O. The molecule has 0 amide bonds. The number of nitrogens with two attached hydrogens (primary N) is 1. The van der Waals surface area contributed by atoms with E-state index in [0.717, 1.165) is 13.2 Å². The van der Waals surface area contributed by atoms with Crippen molar-refractivity contribution in [2.75, 3.05) is 33.8 Å². The van der Waals surface area contributed by atoms with E-state index in [1.54, 1.807) is 0 Å². The first kappa shape index (κ1) is 14.2. The predicted octanol–water partition coefficient (Wildman–Crippen LogP) is 1.83. The molecule has 0 saturated carbocycles. The third-order valence-electron chi connectivity index (χ3n) is 2.85. The maximum Gasteiger partial charge on any atom is 0.0717 e. The van der Waals surface area contributed by atoms with E-state index >= 15 is 0 Å². The molecule has 0 saturated heterocycles. The van der Waals surface area contributed by atoms with Crippen LogP contribution < -0.4 is 5.73 Å². The van der Waals surface area contributed by atoms with Crippen LogP contribution in [0, 0.1) is 0 Å². The molecule has 0 radical (unpaired) electrons. The van der Waals surface area contributed by atoms with Gasteiger partial charge in [-0.3, -0.25) is 0 Å². The van der Waals surface area contributed by atoms with E-state index in [-0.39, 0.29) is 0 Å². The summed E-state index contributed by atoms with van der Waals surface area (Å²) in [6.07, 6.45) is 0. The van der Waals surface area contributed by atoms with Crippen molar-refractivity contribution in [1.82, 2.24) is 4.90 Å². The average molecular weight is 236 g/mol. The molecule has 0 aliphatic carbocycles. The molecule has 0 fully saturated rings. The first-order valence-corrected chi connectivity index (χ1v) is 6.15. The Kier molecular flexibility index (Phi) is 6.19. The van der Waals surface area contributed by atoms with Gasteiger partial charge in [-0.05, 0) is 37.7 Å². The molecule has 1 aromatic rings. The highest BCUT2D eigenvalue weighted by atomic mass is 16.5. The lowest BCUT2D eigenvalue weighted by Crippen LogP contribution is -2.17. The van der Waals surface area contributed by atoms with Crippen molar-refractivity contribution < 1.29 is 4.74 Å². The van der Waals surface area contributed by atoms with E-state index in [1.165, 1.54) is 11.1 Å². The topological polar surface area (TPSA) is 38.5 Å². The monoisotopic (exact) mass is 236 g/mol. The minimum atomic E-state index is 0.429. The minimum absolute atomic E-state index is 0.429. The maximum absolute atomic E-state index is 5.64. The van der Waals surface area contributed by atoms with Gasteiger partial charge in [0.15, 0.2) is 0 Å². The molecule has 0 aromatic heterocycles. The predicted molar refractivity (Wildman–Crippen MR) is 72.1 cm³/mol. The van der Waals surface area contributed by atoms with Gasteiger partial charge in [0.1, 0.15) is 0 Å². The SMILES string of the molecule is CC(CN)c1ccc(COCCN(C)C)cc1. The number of ether oxygens (including phenoxy) is 1. The zero-order valence-corrected chi connectivity index (χ0v) is 11.1. The molecule has 17 heavy (non-hydrogen) atoms. The average Bonchev–Trinajstić information content (AvgIpc) is 2.34. The lowest BCUT2D eigenvalue weighted by atomic mass is 10.0. The number of likely N-dealkylation sites (N-methyl/N-ethyl adjacent to an activating group) is 1. The van der Waals surface area contributed by atoms with Gasteiger partial charge in [0.25, 0.3) is 0 Å². The van der Waals surface area contributed by atoms with Crippen LogP contribution in [0.1, 0.15) is 24.0 Å². The lowest BCUT2D eigenvalue weighted by molar-refractivity contribution is 0.105. The Morgan fingerprint density at radius 3 is 2.41 bits per heavy atom. The highest BCUT2D eigenvalue weighted by Crippen LogP contribution is 2.14. The van der Waals surface area contributed by atoms with Crippen LogP contribution in [0.25, 0.3) is 0 Å². The van der Waals surface area contributed by atoms with Crippen LogP contribution in [-0.2, 0) is 11.3 Å². The number of hydrogen-bond donors (Lipinski definition) is 1. The smallest absolute Gasteiger partial charge is 0.0717 e. The van der Waals surface area contributed by atoms with Crippen molar-refractivity contribution in [3.05, 3.63) is 35.4 Å². The van der Waals surface area contributed by atoms with Crippen LogP contribution in [0.4, 0.5) is 0 Å². The molecule has 3 nitrogen and oxygen atoms in total. The summed E-state index contributed by atoms with van der Waals surface area (Å²) in [5, 5.41) is 0. The summed E-state index contributed by atoms with van der Waals surface area (Å²) in [6, 6.07) is 8.53. The summed E-state index contributed by atoms with van der Waals surface area (Å²) in [6.45, 7) is 5.25. The van der Waals surface area contributed by atoms with Crippen molar-refractivity contribution in [1.29, 1.82) is 0 Å². The zero-order valence-electron chi connectivity index (χ0n) is 11.1. The first-order chi connectivity index (χ1) is 8.13. The van der Waals surface area contributed by atoms with Gasteiger partial charge >= 0.3 is 0 Å². The number of rotatable bonds is 7. The highest BCUT2D eigenvalue weighted by Gasteiger charge is 2.02. The van der Waals surface area contributed by atoms with Crippen LogP contribution in [0.5, 0.6) is 0 Å². The normalized spacial score (nSPS) is 13.0. The Bertz CT molecular complexity index is 309. The van der Waals surface area contributed by atoms with Crippen molar-refractivity contribution in [3.8, 4) is 0 Å². The maximum atomic E-state index is 5.64. The van der Waals surface area contributed by atoms with Crippen molar-refractivity contribution in [2.24, 2.45) is 5.73 Å². The summed E-state index contributed by atoms with van der Waals surface area (Å²) in [4.78, 5) is 2.12. The summed E-state index contributed by atoms with van der Waals surface area (Å²) < 4.78 is 5.59. The lowest BCUT2D eigenvalue weighted by Gasteiger charge is -2.11. The second-order valence-corrected chi connectivity index (χ2v) is 4.73.